The Balaban J connectivity index is 1.51. The Morgan fingerprint density at radius 3 is 2.89 bits per heavy atom. The molecule has 0 unspecified atom stereocenters. The van der Waals surface area contributed by atoms with Crippen LogP contribution in [0.3, 0.4) is 0 Å². The molecule has 0 bridgehead atoms. The lowest BCUT2D eigenvalue weighted by Crippen LogP contribution is -2.62. The first-order valence-electron chi connectivity index (χ1n) is 11.4. The number of allylic oxidation sites excluding steroid dienone is 2. The highest BCUT2D eigenvalue weighted by molar-refractivity contribution is 7.98. The molecule has 9 heteroatoms. The Morgan fingerprint density at radius 2 is 1.97 bits per heavy atom. The van der Waals surface area contributed by atoms with Gasteiger partial charge in [0.1, 0.15) is 17.6 Å². The molecule has 4 aliphatic heterocycles. The third-order valence-electron chi connectivity index (χ3n) is 7.04. The van der Waals surface area contributed by atoms with Crippen molar-refractivity contribution in [1.29, 1.82) is 0 Å². The molecule has 2 aromatic carbocycles. The monoisotopic (exact) mass is 509 g/mol. The number of hydrazine groups is 1. The lowest BCUT2D eigenvalue weighted by Gasteiger charge is -2.53. The van der Waals surface area contributed by atoms with Gasteiger partial charge in [0.05, 0.1) is 19.3 Å². The molecule has 1 aromatic heterocycles. The normalized spacial score (nSPS) is 23.7. The number of benzene rings is 2. The number of thiophene rings is 1. The van der Waals surface area contributed by atoms with Crippen LogP contribution in [0.2, 0.25) is 0 Å². The molecular formula is C26H21F2N3O2S2. The number of hydrogen-bond acceptors (Lipinski definition) is 7. The molecule has 1 N–H and O–H groups in total. The van der Waals surface area contributed by atoms with Gasteiger partial charge >= 0.3 is 0 Å². The van der Waals surface area contributed by atoms with E-state index in [1.807, 2.05) is 17.4 Å². The highest BCUT2D eigenvalue weighted by atomic mass is 32.2. The van der Waals surface area contributed by atoms with E-state index in [1.54, 1.807) is 41.3 Å². The molecule has 1 saturated heterocycles. The fourth-order valence-corrected chi connectivity index (χ4v) is 7.54. The third-order valence-corrected chi connectivity index (χ3v) is 9.10. The minimum Gasteiger partial charge on any atom is -0.506 e. The van der Waals surface area contributed by atoms with Gasteiger partial charge in [-0.2, -0.15) is 5.01 Å². The van der Waals surface area contributed by atoms with Gasteiger partial charge in [0.25, 0.3) is 0 Å². The summed E-state index contributed by atoms with van der Waals surface area (Å²) in [6.07, 6.45) is 7.12. The summed E-state index contributed by atoms with van der Waals surface area (Å²) in [5, 5.41) is 18.0. The molecule has 5 heterocycles. The number of aliphatic hydroxyl groups is 1. The first-order valence-corrected chi connectivity index (χ1v) is 13.3. The van der Waals surface area contributed by atoms with Crippen molar-refractivity contribution >= 4 is 33.2 Å². The molecule has 35 heavy (non-hydrogen) atoms. The summed E-state index contributed by atoms with van der Waals surface area (Å²) in [5.41, 5.74) is 2.77. The van der Waals surface area contributed by atoms with E-state index in [9.17, 15) is 9.50 Å². The maximum absolute atomic E-state index is 15.3. The number of aliphatic hydroxyl groups excluding tert-OH is 1. The molecular weight excluding hydrogens is 488 g/mol. The van der Waals surface area contributed by atoms with E-state index in [0.717, 1.165) is 26.1 Å². The average Bonchev–Trinajstić information content (AvgIpc) is 3.29. The molecule has 0 aliphatic carbocycles. The van der Waals surface area contributed by atoms with Gasteiger partial charge in [0.2, 0.25) is 0 Å². The van der Waals surface area contributed by atoms with Crippen LogP contribution in [0, 0.1) is 11.6 Å². The zero-order chi connectivity index (χ0) is 23.7. The van der Waals surface area contributed by atoms with E-state index in [1.165, 1.54) is 6.07 Å². The van der Waals surface area contributed by atoms with E-state index < -0.39 is 17.7 Å². The fraction of sp³-hybridized carbons (Fsp3) is 0.231. The van der Waals surface area contributed by atoms with E-state index >= 15 is 4.39 Å². The first-order chi connectivity index (χ1) is 17.1. The Morgan fingerprint density at radius 1 is 1.09 bits per heavy atom. The van der Waals surface area contributed by atoms with Gasteiger partial charge in [0.15, 0.2) is 11.6 Å². The number of fused-ring (bicyclic) bond motifs is 6. The molecule has 1 fully saturated rings. The van der Waals surface area contributed by atoms with Gasteiger partial charge in [-0.15, -0.1) is 23.1 Å². The number of rotatable bonds is 1. The smallest absolute Gasteiger partial charge is 0.163 e. The van der Waals surface area contributed by atoms with Crippen LogP contribution in [0.15, 0.2) is 76.6 Å². The van der Waals surface area contributed by atoms with Crippen LogP contribution in [0.5, 0.6) is 0 Å². The summed E-state index contributed by atoms with van der Waals surface area (Å²) in [6.45, 7) is 1.69. The lowest BCUT2D eigenvalue weighted by molar-refractivity contribution is -0.149. The average molecular weight is 510 g/mol. The van der Waals surface area contributed by atoms with Crippen LogP contribution in [-0.4, -0.2) is 45.9 Å². The zero-order valence-corrected chi connectivity index (χ0v) is 20.2. The second-order valence-corrected chi connectivity index (χ2v) is 10.8. The molecule has 5 nitrogen and oxygen atoms in total. The second-order valence-electron chi connectivity index (χ2n) is 8.86. The SMILES string of the molecule is OC1=CC=CN2C1=CN1CCOC[C@H]1N2[C@H]1c2ccc(F)c(F)c2CSc2c1ccc1sccc21. The number of morpholine rings is 1. The standard InChI is InChI=1S/C26H21F2N3O2S2/c27-19-5-3-15-18(24(19)28)14-35-26-16-7-11-34-22(16)6-4-17(26)25(15)31-23-13-33-10-9-29(23)12-20-21(32)2-1-8-30(20)31/h1-8,11-12,23,25,32H,9-10,13-14H2/t23-,25+/m1/s1. The number of thioether (sulfide) groups is 1. The minimum atomic E-state index is -0.838. The second kappa shape index (κ2) is 8.09. The molecule has 0 spiro atoms. The summed E-state index contributed by atoms with van der Waals surface area (Å²) in [6, 6.07) is 8.82. The molecule has 178 valence electrons. The molecule has 7 rings (SSSR count). The highest BCUT2D eigenvalue weighted by Crippen LogP contribution is 2.49. The van der Waals surface area contributed by atoms with Gasteiger partial charge in [-0.05, 0) is 46.9 Å². The summed E-state index contributed by atoms with van der Waals surface area (Å²) in [4.78, 5) is 3.24. The fourth-order valence-electron chi connectivity index (χ4n) is 5.42. The minimum absolute atomic E-state index is 0.157. The highest BCUT2D eigenvalue weighted by Gasteiger charge is 2.44. The van der Waals surface area contributed by atoms with Crippen LogP contribution in [-0.2, 0) is 10.5 Å². The van der Waals surface area contributed by atoms with Gasteiger partial charge in [0, 0.05) is 45.2 Å². The first kappa shape index (κ1) is 21.4. The van der Waals surface area contributed by atoms with Gasteiger partial charge < -0.3 is 14.7 Å². The molecule has 2 atom stereocenters. The van der Waals surface area contributed by atoms with E-state index in [2.05, 4.69) is 33.5 Å². The van der Waals surface area contributed by atoms with Crippen molar-refractivity contribution in [2.75, 3.05) is 19.8 Å². The summed E-state index contributed by atoms with van der Waals surface area (Å²) in [7, 11) is 0. The Kier molecular flexibility index (Phi) is 4.96. The molecule has 4 aliphatic rings. The number of hydrogen-bond donors (Lipinski definition) is 1. The molecule has 0 saturated carbocycles. The number of halogens is 2. The quantitative estimate of drug-likeness (QED) is 0.442. The number of nitrogens with zero attached hydrogens (tertiary/aromatic N) is 3. The van der Waals surface area contributed by atoms with E-state index in [4.69, 9.17) is 4.74 Å². The van der Waals surface area contributed by atoms with Gasteiger partial charge in [-0.1, -0.05) is 12.1 Å². The third kappa shape index (κ3) is 3.19. The Hall–Kier alpha value is -2.85. The molecule has 3 aromatic rings. The largest absolute Gasteiger partial charge is 0.506 e. The van der Waals surface area contributed by atoms with Crippen molar-refractivity contribution in [3.63, 3.8) is 0 Å². The number of ether oxygens (including phenoxy) is 1. The van der Waals surface area contributed by atoms with Gasteiger partial charge in [-0.3, -0.25) is 5.01 Å². The van der Waals surface area contributed by atoms with Crippen LogP contribution in [0.4, 0.5) is 8.78 Å². The topological polar surface area (TPSA) is 39.2 Å². The predicted molar refractivity (Wildman–Crippen MR) is 133 cm³/mol. The van der Waals surface area contributed by atoms with Crippen molar-refractivity contribution in [2.45, 2.75) is 22.9 Å². The molecule has 0 amide bonds. The maximum Gasteiger partial charge on any atom is 0.163 e. The van der Waals surface area contributed by atoms with Crippen LogP contribution < -0.4 is 0 Å². The van der Waals surface area contributed by atoms with Crippen molar-refractivity contribution in [2.24, 2.45) is 0 Å². The van der Waals surface area contributed by atoms with Crippen molar-refractivity contribution in [1.82, 2.24) is 14.9 Å². The van der Waals surface area contributed by atoms with Crippen LogP contribution in [0.25, 0.3) is 10.1 Å². The summed E-state index contributed by atoms with van der Waals surface area (Å²) < 4.78 is 36.8. The Labute approximate surface area is 209 Å². The summed E-state index contributed by atoms with van der Waals surface area (Å²) in [5.74, 6) is -1.14. The van der Waals surface area contributed by atoms with Crippen molar-refractivity contribution in [3.8, 4) is 0 Å². The van der Waals surface area contributed by atoms with E-state index in [-0.39, 0.29) is 11.9 Å². The zero-order valence-electron chi connectivity index (χ0n) is 18.5. The van der Waals surface area contributed by atoms with E-state index in [0.29, 0.717) is 36.8 Å². The van der Waals surface area contributed by atoms with Gasteiger partial charge in [-0.25, -0.2) is 8.78 Å². The van der Waals surface area contributed by atoms with Crippen molar-refractivity contribution < 1.29 is 18.6 Å². The summed E-state index contributed by atoms with van der Waals surface area (Å²) >= 11 is 3.22. The maximum atomic E-state index is 15.3. The van der Waals surface area contributed by atoms with Crippen molar-refractivity contribution in [3.05, 3.63) is 100 Å². The molecule has 0 radical (unpaired) electrons. The Bertz CT molecular complexity index is 1450. The van der Waals surface area contributed by atoms with Crippen LogP contribution >= 0.6 is 23.1 Å². The predicted octanol–water partition coefficient (Wildman–Crippen LogP) is 5.88. The van der Waals surface area contributed by atoms with Crippen LogP contribution in [0.1, 0.15) is 22.7 Å². The lowest BCUT2D eigenvalue weighted by atomic mass is 9.92.